The van der Waals surface area contributed by atoms with E-state index in [9.17, 15) is 9.59 Å². The highest BCUT2D eigenvalue weighted by molar-refractivity contribution is 5.97. The van der Waals surface area contributed by atoms with Crippen LogP contribution in [0.3, 0.4) is 0 Å². The Morgan fingerprint density at radius 2 is 1.67 bits per heavy atom. The van der Waals surface area contributed by atoms with Crippen LogP contribution >= 0.6 is 0 Å². The summed E-state index contributed by atoms with van der Waals surface area (Å²) in [6.07, 6.45) is 7.28. The highest BCUT2D eigenvalue weighted by Crippen LogP contribution is 2.33. The van der Waals surface area contributed by atoms with Crippen LogP contribution in [0.25, 0.3) is 0 Å². The Bertz CT molecular complexity index is 1240. The lowest BCUT2D eigenvalue weighted by Gasteiger charge is -2.38. The summed E-state index contributed by atoms with van der Waals surface area (Å²) in [5, 5.41) is 3.24. The number of nitrogens with one attached hydrogen (secondary N) is 1. The van der Waals surface area contributed by atoms with Gasteiger partial charge in [-0.25, -0.2) is 0 Å². The lowest BCUT2D eigenvalue weighted by atomic mass is 9.99. The SMILES string of the molecule is Cc1cccc(C)c1C(=O)NC1CCc2ccc(C(=O)N(C)C3CCN(c4ccncc4)CC3)cc21. The van der Waals surface area contributed by atoms with Crippen LogP contribution in [-0.4, -0.2) is 47.9 Å². The number of nitrogens with zero attached hydrogens (tertiary/aromatic N) is 3. The molecule has 0 spiro atoms. The average molecular weight is 483 g/mol. The second-order valence-corrected chi connectivity index (χ2v) is 10.1. The molecule has 1 N–H and O–H groups in total. The first-order valence-corrected chi connectivity index (χ1v) is 12.8. The smallest absolute Gasteiger partial charge is 0.253 e. The summed E-state index contributed by atoms with van der Waals surface area (Å²) in [5.41, 5.74) is 6.87. The van der Waals surface area contributed by atoms with Gasteiger partial charge in [0.2, 0.25) is 0 Å². The molecular weight excluding hydrogens is 448 g/mol. The number of pyridine rings is 1. The van der Waals surface area contributed by atoms with Crippen LogP contribution in [0.1, 0.15) is 68.3 Å². The van der Waals surface area contributed by atoms with Gasteiger partial charge in [-0.3, -0.25) is 14.6 Å². The van der Waals surface area contributed by atoms with Crippen molar-refractivity contribution < 1.29 is 9.59 Å². The Morgan fingerprint density at radius 1 is 0.972 bits per heavy atom. The molecule has 6 heteroatoms. The largest absolute Gasteiger partial charge is 0.371 e. The summed E-state index contributed by atoms with van der Waals surface area (Å²) in [6, 6.07) is 16.1. The van der Waals surface area contributed by atoms with Gasteiger partial charge in [0, 0.05) is 55.4 Å². The third-order valence-corrected chi connectivity index (χ3v) is 7.84. The fraction of sp³-hybridized carbons (Fsp3) is 0.367. The molecule has 5 rings (SSSR count). The predicted octanol–water partition coefficient (Wildman–Crippen LogP) is 4.86. The van der Waals surface area contributed by atoms with Crippen molar-refractivity contribution in [1.29, 1.82) is 0 Å². The molecule has 1 fully saturated rings. The molecule has 1 aliphatic heterocycles. The Morgan fingerprint density at radius 3 is 2.36 bits per heavy atom. The zero-order chi connectivity index (χ0) is 25.2. The first-order valence-electron chi connectivity index (χ1n) is 12.8. The molecule has 186 valence electrons. The molecule has 2 aliphatic rings. The lowest BCUT2D eigenvalue weighted by Crippen LogP contribution is -2.45. The van der Waals surface area contributed by atoms with Gasteiger partial charge in [0.25, 0.3) is 11.8 Å². The summed E-state index contributed by atoms with van der Waals surface area (Å²) in [5.74, 6) is 0.00476. The van der Waals surface area contributed by atoms with Crippen molar-refractivity contribution in [2.45, 2.75) is 51.6 Å². The maximum atomic E-state index is 13.5. The molecule has 2 aromatic carbocycles. The molecule has 1 saturated heterocycles. The van der Waals surface area contributed by atoms with Crippen molar-refractivity contribution in [1.82, 2.24) is 15.2 Å². The lowest BCUT2D eigenvalue weighted by molar-refractivity contribution is 0.0709. The number of carbonyl (C=O) groups is 2. The third kappa shape index (κ3) is 4.72. The summed E-state index contributed by atoms with van der Waals surface area (Å²) >= 11 is 0. The van der Waals surface area contributed by atoms with E-state index in [0.717, 1.165) is 61.0 Å². The predicted molar refractivity (Wildman–Crippen MR) is 142 cm³/mol. The van der Waals surface area contributed by atoms with E-state index in [0.29, 0.717) is 5.56 Å². The standard InChI is InChI=1S/C30H34N4O2/c1-20-5-4-6-21(2)28(20)29(35)32-27-10-9-22-7-8-23(19-26(22)27)30(36)33(3)24-13-17-34(18-14-24)25-11-15-31-16-12-25/h4-8,11-12,15-16,19,24,27H,9-10,13-14,17-18H2,1-3H3,(H,32,35). The van der Waals surface area contributed by atoms with Crippen LogP contribution in [-0.2, 0) is 6.42 Å². The van der Waals surface area contributed by atoms with Gasteiger partial charge in [0.15, 0.2) is 0 Å². The van der Waals surface area contributed by atoms with E-state index < -0.39 is 0 Å². The molecule has 1 aliphatic carbocycles. The number of aromatic nitrogens is 1. The van der Waals surface area contributed by atoms with E-state index >= 15 is 0 Å². The second-order valence-electron chi connectivity index (χ2n) is 10.1. The molecule has 0 saturated carbocycles. The van der Waals surface area contributed by atoms with Crippen molar-refractivity contribution >= 4 is 17.5 Å². The van der Waals surface area contributed by atoms with Gasteiger partial charge in [-0.1, -0.05) is 24.3 Å². The molecule has 1 aromatic heterocycles. The topological polar surface area (TPSA) is 65.5 Å². The normalized spacial score (nSPS) is 17.5. The van der Waals surface area contributed by atoms with Crippen LogP contribution in [0, 0.1) is 13.8 Å². The number of carbonyl (C=O) groups excluding carboxylic acids is 2. The van der Waals surface area contributed by atoms with Gasteiger partial charge >= 0.3 is 0 Å². The summed E-state index contributed by atoms with van der Waals surface area (Å²) < 4.78 is 0. The van der Waals surface area contributed by atoms with Crippen LogP contribution in [0.4, 0.5) is 5.69 Å². The number of benzene rings is 2. The number of fused-ring (bicyclic) bond motifs is 1. The van der Waals surface area contributed by atoms with Crippen molar-refractivity contribution in [3.8, 4) is 0 Å². The number of rotatable bonds is 5. The number of anilines is 1. The van der Waals surface area contributed by atoms with Crippen LogP contribution in [0.2, 0.25) is 0 Å². The van der Waals surface area contributed by atoms with Crippen molar-refractivity contribution in [2.75, 3.05) is 25.0 Å². The maximum Gasteiger partial charge on any atom is 0.253 e. The molecule has 6 nitrogen and oxygen atoms in total. The van der Waals surface area contributed by atoms with Gasteiger partial charge in [-0.05, 0) is 86.1 Å². The second kappa shape index (κ2) is 10.1. The molecule has 0 radical (unpaired) electrons. The highest BCUT2D eigenvalue weighted by Gasteiger charge is 2.29. The minimum Gasteiger partial charge on any atom is -0.371 e. The van der Waals surface area contributed by atoms with E-state index in [2.05, 4.69) is 21.3 Å². The Labute approximate surface area is 213 Å². The van der Waals surface area contributed by atoms with Crippen LogP contribution < -0.4 is 10.2 Å². The fourth-order valence-electron chi connectivity index (χ4n) is 5.72. The molecule has 1 atom stereocenters. The third-order valence-electron chi connectivity index (χ3n) is 7.84. The molecule has 0 bridgehead atoms. The highest BCUT2D eigenvalue weighted by atomic mass is 16.2. The van der Waals surface area contributed by atoms with Gasteiger partial charge in [-0.2, -0.15) is 0 Å². The number of piperidine rings is 1. The minimum atomic E-state index is -0.0758. The monoisotopic (exact) mass is 482 g/mol. The van der Waals surface area contributed by atoms with Crippen LogP contribution in [0.15, 0.2) is 60.9 Å². The molecule has 1 unspecified atom stereocenters. The number of amides is 2. The molecule has 2 amide bonds. The van der Waals surface area contributed by atoms with Gasteiger partial charge in [0.05, 0.1) is 6.04 Å². The Hall–Kier alpha value is -3.67. The minimum absolute atomic E-state index is 0.0433. The number of hydrogen-bond donors (Lipinski definition) is 1. The van der Waals surface area contributed by atoms with Gasteiger partial charge in [-0.15, -0.1) is 0 Å². The van der Waals surface area contributed by atoms with Crippen LogP contribution in [0.5, 0.6) is 0 Å². The first kappa shape index (κ1) is 24.0. The zero-order valence-corrected chi connectivity index (χ0v) is 21.3. The quantitative estimate of drug-likeness (QED) is 0.564. The van der Waals surface area contributed by atoms with E-state index in [4.69, 9.17) is 0 Å². The van der Waals surface area contributed by atoms with E-state index in [-0.39, 0.29) is 23.9 Å². The van der Waals surface area contributed by atoms with Gasteiger partial charge in [0.1, 0.15) is 0 Å². The van der Waals surface area contributed by atoms with Crippen molar-refractivity contribution in [3.05, 3.63) is 94.3 Å². The van der Waals surface area contributed by atoms with E-state index in [1.54, 1.807) is 0 Å². The Kier molecular flexibility index (Phi) is 6.77. The molecular formula is C30H34N4O2. The number of hydrogen-bond acceptors (Lipinski definition) is 4. The molecule has 2 heterocycles. The average Bonchev–Trinajstić information content (AvgIpc) is 3.30. The van der Waals surface area contributed by atoms with Crippen molar-refractivity contribution in [3.63, 3.8) is 0 Å². The summed E-state index contributed by atoms with van der Waals surface area (Å²) in [6.45, 7) is 5.78. The maximum absolute atomic E-state index is 13.5. The first-order chi connectivity index (χ1) is 17.4. The van der Waals surface area contributed by atoms with Gasteiger partial charge < -0.3 is 15.1 Å². The van der Waals surface area contributed by atoms with Crippen molar-refractivity contribution in [2.24, 2.45) is 0 Å². The Balaban J connectivity index is 1.26. The fourth-order valence-corrected chi connectivity index (χ4v) is 5.72. The number of aryl methyl sites for hydroxylation is 3. The molecule has 3 aromatic rings. The summed E-state index contributed by atoms with van der Waals surface area (Å²) in [7, 11) is 1.92. The van der Waals surface area contributed by atoms with E-state index in [1.807, 2.05) is 80.7 Å². The van der Waals surface area contributed by atoms with E-state index in [1.165, 1.54) is 11.3 Å². The zero-order valence-electron chi connectivity index (χ0n) is 21.3. The molecule has 36 heavy (non-hydrogen) atoms. The summed E-state index contributed by atoms with van der Waals surface area (Å²) in [4.78, 5) is 34.9.